The second kappa shape index (κ2) is 8.62. The third kappa shape index (κ3) is 3.96. The Bertz CT molecular complexity index is 1090. The zero-order valence-corrected chi connectivity index (χ0v) is 19.2. The molecule has 0 unspecified atom stereocenters. The first kappa shape index (κ1) is 20.8. The van der Waals surface area contributed by atoms with Crippen molar-refractivity contribution < 1.29 is 39.2 Å². The summed E-state index contributed by atoms with van der Waals surface area (Å²) >= 11 is 0. The Kier molecular flexibility index (Phi) is 6.18. The summed E-state index contributed by atoms with van der Waals surface area (Å²) in [6, 6.07) is 14.5. The van der Waals surface area contributed by atoms with E-state index >= 15 is 0 Å². The Morgan fingerprint density at radius 2 is 1.03 bits per heavy atom. The van der Waals surface area contributed by atoms with Crippen LogP contribution in [0.5, 0.6) is 23.0 Å². The first-order valence-corrected chi connectivity index (χ1v) is 8.88. The van der Waals surface area contributed by atoms with Crippen molar-refractivity contribution >= 4 is 21.8 Å². The topological polar surface area (TPSA) is 90.4 Å². The van der Waals surface area contributed by atoms with Crippen LogP contribution >= 0.6 is 0 Å². The molecule has 2 aromatic heterocycles. The van der Waals surface area contributed by atoms with Crippen LogP contribution < -0.4 is 19.7 Å². The molecule has 0 radical (unpaired) electrons. The molecule has 0 spiro atoms. The minimum Gasteiger partial charge on any atom is -0.868 e. The summed E-state index contributed by atoms with van der Waals surface area (Å²) in [6.45, 7) is 0. The number of pyridine rings is 2. The van der Waals surface area contributed by atoms with Crippen molar-refractivity contribution in [3.05, 3.63) is 59.9 Å². The van der Waals surface area contributed by atoms with Gasteiger partial charge in [0.1, 0.15) is 11.5 Å². The quantitative estimate of drug-likeness (QED) is 0.444. The molecule has 0 saturated heterocycles. The summed E-state index contributed by atoms with van der Waals surface area (Å²) in [5.41, 5.74) is 2.37. The third-order valence-corrected chi connectivity index (χ3v) is 4.75. The smallest absolute Gasteiger partial charge is 0.868 e. The maximum absolute atomic E-state index is 12.4. The van der Waals surface area contributed by atoms with Gasteiger partial charge >= 0.3 is 19.5 Å². The van der Waals surface area contributed by atoms with Crippen molar-refractivity contribution in [1.29, 1.82) is 0 Å². The SMILES string of the molecule is COc1ccc2ccc(CCc3ccc4ccc(OC)c([O-])c4n3)nc2c1[O-].[Zn+2]. The molecular formula is C22H18N2O4Zn. The van der Waals surface area contributed by atoms with Crippen molar-refractivity contribution in [3.8, 4) is 23.0 Å². The van der Waals surface area contributed by atoms with Gasteiger partial charge < -0.3 is 19.7 Å². The standard InChI is InChI=1S/C22H20N2O4.Zn/c1-27-17-11-5-13-3-7-15(23-19(13)21(17)25)9-10-16-8-4-14-6-12-18(28-2)22(26)20(14)24-16;/h3-8,11-12,25-26H,9-10H2,1-2H3;/q;+2/p-2. The van der Waals surface area contributed by atoms with Crippen molar-refractivity contribution in [2.75, 3.05) is 14.2 Å². The summed E-state index contributed by atoms with van der Waals surface area (Å²) in [5.74, 6) is 0.137. The van der Waals surface area contributed by atoms with Gasteiger partial charge in [0.05, 0.1) is 25.3 Å². The number of ether oxygens (including phenoxy) is 2. The van der Waals surface area contributed by atoms with E-state index in [0.717, 1.165) is 22.2 Å². The number of hydrogen-bond acceptors (Lipinski definition) is 6. The summed E-state index contributed by atoms with van der Waals surface area (Å²) < 4.78 is 10.2. The summed E-state index contributed by atoms with van der Waals surface area (Å²) in [5, 5.41) is 26.3. The van der Waals surface area contributed by atoms with Crippen LogP contribution in [0.15, 0.2) is 48.5 Å². The third-order valence-electron chi connectivity index (χ3n) is 4.75. The van der Waals surface area contributed by atoms with E-state index in [2.05, 4.69) is 9.97 Å². The van der Waals surface area contributed by atoms with E-state index in [0.29, 0.717) is 23.9 Å². The van der Waals surface area contributed by atoms with Gasteiger partial charge in [0.2, 0.25) is 0 Å². The maximum Gasteiger partial charge on any atom is 2.00 e. The fraction of sp³-hybridized carbons (Fsp3) is 0.182. The molecule has 7 heteroatoms. The average molecular weight is 440 g/mol. The number of methoxy groups -OCH3 is 2. The van der Waals surface area contributed by atoms with Crippen molar-refractivity contribution in [1.82, 2.24) is 9.97 Å². The number of fused-ring (bicyclic) bond motifs is 2. The van der Waals surface area contributed by atoms with Crippen LogP contribution in [0.2, 0.25) is 0 Å². The van der Waals surface area contributed by atoms with Crippen molar-refractivity contribution in [2.24, 2.45) is 0 Å². The average Bonchev–Trinajstić information content (AvgIpc) is 2.73. The Hall–Kier alpha value is -2.92. The minimum atomic E-state index is -0.214. The fourth-order valence-corrected chi connectivity index (χ4v) is 3.23. The van der Waals surface area contributed by atoms with E-state index in [1.807, 2.05) is 36.4 Å². The fourth-order valence-electron chi connectivity index (χ4n) is 3.23. The molecule has 0 fully saturated rings. The molecular weight excluding hydrogens is 422 g/mol. The molecule has 4 rings (SSSR count). The molecule has 0 bridgehead atoms. The van der Waals surface area contributed by atoms with E-state index in [-0.39, 0.29) is 42.5 Å². The van der Waals surface area contributed by atoms with Gasteiger partial charge in [-0.05, 0) is 71.5 Å². The second-order valence-electron chi connectivity index (χ2n) is 6.44. The van der Waals surface area contributed by atoms with Crippen LogP contribution in [0, 0.1) is 0 Å². The first-order chi connectivity index (χ1) is 13.6. The molecule has 2 heterocycles. The predicted molar refractivity (Wildman–Crippen MR) is 103 cm³/mol. The predicted octanol–water partition coefficient (Wildman–Crippen LogP) is 2.73. The molecule has 0 amide bonds. The van der Waals surface area contributed by atoms with Gasteiger partial charge in [-0.15, -0.1) is 0 Å². The van der Waals surface area contributed by atoms with Crippen molar-refractivity contribution in [3.63, 3.8) is 0 Å². The Balaban J connectivity index is 0.00000240. The van der Waals surface area contributed by atoms with Gasteiger partial charge in [0.15, 0.2) is 0 Å². The van der Waals surface area contributed by atoms with Gasteiger partial charge in [0, 0.05) is 11.4 Å². The largest absolute Gasteiger partial charge is 2.00 e. The molecule has 0 aliphatic heterocycles. The van der Waals surface area contributed by atoms with Crippen molar-refractivity contribution in [2.45, 2.75) is 12.8 Å². The Morgan fingerprint density at radius 1 is 0.655 bits per heavy atom. The molecule has 0 aliphatic rings. The monoisotopic (exact) mass is 438 g/mol. The summed E-state index contributed by atoms with van der Waals surface area (Å²) in [6.07, 6.45) is 1.20. The van der Waals surface area contributed by atoms with Crippen LogP contribution in [-0.2, 0) is 32.3 Å². The molecule has 0 aliphatic carbocycles. The van der Waals surface area contributed by atoms with Gasteiger partial charge in [0.25, 0.3) is 0 Å². The van der Waals surface area contributed by atoms with Crippen LogP contribution in [0.1, 0.15) is 11.4 Å². The van der Waals surface area contributed by atoms with Gasteiger partial charge in [-0.3, -0.25) is 9.97 Å². The van der Waals surface area contributed by atoms with E-state index < -0.39 is 0 Å². The normalized spacial score (nSPS) is 10.7. The van der Waals surface area contributed by atoms with Gasteiger partial charge in [-0.1, -0.05) is 12.1 Å². The number of hydrogen-bond donors (Lipinski definition) is 0. The molecule has 2 aromatic carbocycles. The van der Waals surface area contributed by atoms with E-state index in [4.69, 9.17) is 9.47 Å². The molecule has 142 valence electrons. The van der Waals surface area contributed by atoms with Crippen LogP contribution in [-0.4, -0.2) is 24.2 Å². The summed E-state index contributed by atoms with van der Waals surface area (Å²) in [7, 11) is 2.94. The molecule has 29 heavy (non-hydrogen) atoms. The number of nitrogens with zero attached hydrogens (tertiary/aromatic N) is 2. The van der Waals surface area contributed by atoms with E-state index in [9.17, 15) is 10.2 Å². The molecule has 0 atom stereocenters. The number of rotatable bonds is 5. The van der Waals surface area contributed by atoms with Crippen LogP contribution in [0.25, 0.3) is 21.8 Å². The van der Waals surface area contributed by atoms with Crippen LogP contribution in [0.3, 0.4) is 0 Å². The minimum absolute atomic E-state index is 0. The number of aromatic nitrogens is 2. The number of aryl methyl sites for hydroxylation is 2. The van der Waals surface area contributed by atoms with Gasteiger partial charge in [-0.2, -0.15) is 0 Å². The molecule has 4 aromatic rings. The molecule has 0 N–H and O–H groups in total. The zero-order valence-electron chi connectivity index (χ0n) is 16.3. The Morgan fingerprint density at radius 3 is 1.41 bits per heavy atom. The Labute approximate surface area is 180 Å². The van der Waals surface area contributed by atoms with Crippen LogP contribution in [0.4, 0.5) is 0 Å². The van der Waals surface area contributed by atoms with Gasteiger partial charge in [-0.25, -0.2) is 0 Å². The van der Waals surface area contributed by atoms with E-state index in [1.165, 1.54) is 14.2 Å². The summed E-state index contributed by atoms with van der Waals surface area (Å²) in [4.78, 5) is 9.01. The second-order valence-corrected chi connectivity index (χ2v) is 6.44. The zero-order chi connectivity index (χ0) is 19.7. The maximum atomic E-state index is 12.4. The molecule has 6 nitrogen and oxygen atoms in total. The first-order valence-electron chi connectivity index (χ1n) is 8.88. The van der Waals surface area contributed by atoms with E-state index in [1.54, 1.807) is 12.1 Å². The number of benzene rings is 2. The molecule has 0 saturated carbocycles.